The van der Waals surface area contributed by atoms with Crippen LogP contribution in [0.1, 0.15) is 67.7 Å². The summed E-state index contributed by atoms with van der Waals surface area (Å²) in [5.74, 6) is 4.20. The van der Waals surface area contributed by atoms with Crippen LogP contribution < -0.4 is 0 Å². The molecule has 0 bridgehead atoms. The van der Waals surface area contributed by atoms with Gasteiger partial charge in [0, 0.05) is 5.92 Å². The Morgan fingerprint density at radius 3 is 2.11 bits per heavy atom. The SMILES string of the molecule is CC.CC1CC2C(C)C(C)CC(C)(C)C2CC1C=O. The van der Waals surface area contributed by atoms with E-state index in [1.54, 1.807) is 0 Å². The van der Waals surface area contributed by atoms with E-state index in [4.69, 9.17) is 0 Å². The molecule has 0 aromatic heterocycles. The molecule has 0 aliphatic heterocycles. The monoisotopic (exact) mass is 266 g/mol. The Bertz CT molecular complexity index is 294. The van der Waals surface area contributed by atoms with Crippen LogP contribution in [0.15, 0.2) is 0 Å². The van der Waals surface area contributed by atoms with E-state index in [0.717, 1.165) is 30.1 Å². The van der Waals surface area contributed by atoms with Crippen LogP contribution in [-0.4, -0.2) is 6.29 Å². The molecular formula is C18H34O. The fraction of sp³-hybridized carbons (Fsp3) is 0.944. The normalized spacial score (nSPS) is 44.6. The number of carbonyl (C=O) groups excluding carboxylic acids is 1. The van der Waals surface area contributed by atoms with Crippen LogP contribution in [0.4, 0.5) is 0 Å². The van der Waals surface area contributed by atoms with E-state index in [1.807, 2.05) is 13.8 Å². The molecule has 0 heterocycles. The Balaban J connectivity index is 0.000000861. The van der Waals surface area contributed by atoms with Crippen molar-refractivity contribution in [3.05, 3.63) is 0 Å². The van der Waals surface area contributed by atoms with Crippen molar-refractivity contribution < 1.29 is 4.79 Å². The number of hydrogen-bond donors (Lipinski definition) is 0. The summed E-state index contributed by atoms with van der Waals surface area (Å²) >= 11 is 0. The maximum absolute atomic E-state index is 11.2. The highest BCUT2D eigenvalue weighted by Crippen LogP contribution is 2.56. The molecule has 0 saturated heterocycles. The standard InChI is InChI=1S/C16H28O.C2H6/c1-10-6-14-12(3)11(2)8-16(4,5)15(14)7-13(10)9-17;1-2/h9-15H,6-8H2,1-5H3;1-2H3. The highest BCUT2D eigenvalue weighted by Gasteiger charge is 2.49. The van der Waals surface area contributed by atoms with E-state index < -0.39 is 0 Å². The van der Waals surface area contributed by atoms with Gasteiger partial charge in [0.1, 0.15) is 6.29 Å². The summed E-state index contributed by atoms with van der Waals surface area (Å²) in [5.41, 5.74) is 0.429. The third-order valence-electron chi connectivity index (χ3n) is 6.02. The van der Waals surface area contributed by atoms with Crippen LogP contribution in [0.5, 0.6) is 0 Å². The molecule has 0 aromatic rings. The molecule has 2 saturated carbocycles. The zero-order chi connectivity index (χ0) is 14.8. The van der Waals surface area contributed by atoms with Crippen LogP contribution in [0.3, 0.4) is 0 Å². The second kappa shape index (κ2) is 6.41. The van der Waals surface area contributed by atoms with Gasteiger partial charge in [-0.2, -0.15) is 0 Å². The minimum absolute atomic E-state index is 0.316. The largest absolute Gasteiger partial charge is 0.303 e. The van der Waals surface area contributed by atoms with Crippen molar-refractivity contribution in [3.63, 3.8) is 0 Å². The summed E-state index contributed by atoms with van der Waals surface area (Å²) < 4.78 is 0. The molecule has 0 radical (unpaired) electrons. The van der Waals surface area contributed by atoms with Crippen molar-refractivity contribution in [2.75, 3.05) is 0 Å². The lowest BCUT2D eigenvalue weighted by Crippen LogP contribution is -2.48. The quantitative estimate of drug-likeness (QED) is 0.597. The van der Waals surface area contributed by atoms with Gasteiger partial charge < -0.3 is 4.79 Å². The molecule has 2 aliphatic carbocycles. The van der Waals surface area contributed by atoms with Crippen molar-refractivity contribution in [1.82, 2.24) is 0 Å². The average Bonchev–Trinajstić information content (AvgIpc) is 2.37. The Morgan fingerprint density at radius 1 is 1.00 bits per heavy atom. The summed E-state index contributed by atoms with van der Waals surface area (Å²) in [7, 11) is 0. The molecule has 19 heavy (non-hydrogen) atoms. The zero-order valence-electron chi connectivity index (χ0n) is 14.1. The van der Waals surface area contributed by atoms with Crippen molar-refractivity contribution in [2.24, 2.45) is 40.9 Å². The maximum Gasteiger partial charge on any atom is 0.123 e. The van der Waals surface area contributed by atoms with E-state index in [0.29, 0.717) is 17.3 Å². The van der Waals surface area contributed by atoms with Gasteiger partial charge in [0.05, 0.1) is 0 Å². The first-order chi connectivity index (χ1) is 8.86. The van der Waals surface area contributed by atoms with Crippen molar-refractivity contribution in [1.29, 1.82) is 0 Å². The Kier molecular flexibility index (Phi) is 5.65. The molecule has 1 nitrogen and oxygen atoms in total. The van der Waals surface area contributed by atoms with Gasteiger partial charge in [0.25, 0.3) is 0 Å². The van der Waals surface area contributed by atoms with E-state index in [-0.39, 0.29) is 0 Å². The summed E-state index contributed by atoms with van der Waals surface area (Å²) in [4.78, 5) is 11.2. The van der Waals surface area contributed by atoms with Gasteiger partial charge in [0.2, 0.25) is 0 Å². The van der Waals surface area contributed by atoms with Crippen LogP contribution in [0, 0.1) is 40.9 Å². The van der Waals surface area contributed by atoms with Gasteiger partial charge in [-0.15, -0.1) is 0 Å². The van der Waals surface area contributed by atoms with Gasteiger partial charge in [-0.1, -0.05) is 48.5 Å². The minimum Gasteiger partial charge on any atom is -0.303 e. The van der Waals surface area contributed by atoms with Gasteiger partial charge in [-0.25, -0.2) is 0 Å². The minimum atomic E-state index is 0.316. The van der Waals surface area contributed by atoms with Gasteiger partial charge in [0.15, 0.2) is 0 Å². The number of fused-ring (bicyclic) bond motifs is 1. The number of hydrogen-bond acceptors (Lipinski definition) is 1. The summed E-state index contributed by atoms with van der Waals surface area (Å²) in [6, 6.07) is 0. The highest BCUT2D eigenvalue weighted by atomic mass is 16.1. The maximum atomic E-state index is 11.2. The molecule has 112 valence electrons. The lowest BCUT2D eigenvalue weighted by molar-refractivity contribution is -0.119. The second-order valence-electron chi connectivity index (χ2n) is 7.55. The number of aldehydes is 1. The first-order valence-electron chi connectivity index (χ1n) is 8.32. The summed E-state index contributed by atoms with van der Waals surface area (Å²) in [6.07, 6.45) is 4.96. The second-order valence-corrected chi connectivity index (χ2v) is 7.55. The van der Waals surface area contributed by atoms with Crippen molar-refractivity contribution in [2.45, 2.75) is 67.7 Å². The topological polar surface area (TPSA) is 17.1 Å². The van der Waals surface area contributed by atoms with Crippen LogP contribution in [0.25, 0.3) is 0 Å². The fourth-order valence-corrected chi connectivity index (χ4v) is 4.73. The molecule has 6 unspecified atom stereocenters. The van der Waals surface area contributed by atoms with E-state index >= 15 is 0 Å². The molecule has 0 amide bonds. The van der Waals surface area contributed by atoms with E-state index in [2.05, 4.69) is 34.6 Å². The Hall–Kier alpha value is -0.330. The number of carbonyl (C=O) groups is 1. The lowest BCUT2D eigenvalue weighted by Gasteiger charge is -2.55. The Labute approximate surface area is 120 Å². The lowest BCUT2D eigenvalue weighted by atomic mass is 9.50. The fourth-order valence-electron chi connectivity index (χ4n) is 4.73. The predicted octanol–water partition coefficient (Wildman–Crippen LogP) is 5.19. The van der Waals surface area contributed by atoms with Crippen molar-refractivity contribution >= 4 is 6.29 Å². The molecule has 0 spiro atoms. The predicted molar refractivity (Wildman–Crippen MR) is 83.0 cm³/mol. The summed E-state index contributed by atoms with van der Waals surface area (Å²) in [5, 5.41) is 0. The van der Waals surface area contributed by atoms with Crippen LogP contribution in [0.2, 0.25) is 0 Å². The van der Waals surface area contributed by atoms with Crippen molar-refractivity contribution in [3.8, 4) is 0 Å². The molecular weight excluding hydrogens is 232 g/mol. The number of rotatable bonds is 1. The molecule has 2 aliphatic rings. The average molecular weight is 266 g/mol. The molecule has 2 fully saturated rings. The smallest absolute Gasteiger partial charge is 0.123 e. The van der Waals surface area contributed by atoms with E-state index in [9.17, 15) is 4.79 Å². The molecule has 0 aromatic carbocycles. The first-order valence-corrected chi connectivity index (χ1v) is 8.32. The first kappa shape index (κ1) is 16.7. The third kappa shape index (κ3) is 3.23. The van der Waals surface area contributed by atoms with Crippen LogP contribution >= 0.6 is 0 Å². The molecule has 6 atom stereocenters. The highest BCUT2D eigenvalue weighted by molar-refractivity contribution is 5.54. The molecule has 0 N–H and O–H groups in total. The van der Waals surface area contributed by atoms with Gasteiger partial charge in [-0.3, -0.25) is 0 Å². The molecule has 1 heteroatoms. The summed E-state index contributed by atoms with van der Waals surface area (Å²) in [6.45, 7) is 16.0. The van der Waals surface area contributed by atoms with Crippen LogP contribution in [-0.2, 0) is 4.79 Å². The van der Waals surface area contributed by atoms with Gasteiger partial charge >= 0.3 is 0 Å². The third-order valence-corrected chi connectivity index (χ3v) is 6.02. The molecule has 2 rings (SSSR count). The van der Waals surface area contributed by atoms with Gasteiger partial charge in [-0.05, 0) is 54.3 Å². The zero-order valence-corrected chi connectivity index (χ0v) is 14.1. The van der Waals surface area contributed by atoms with E-state index in [1.165, 1.54) is 19.1 Å². The Morgan fingerprint density at radius 2 is 1.58 bits per heavy atom.